The molecule has 2 aromatic heterocycles. The molecule has 0 fully saturated rings. The molecule has 0 aliphatic carbocycles. The van der Waals surface area contributed by atoms with E-state index in [0.29, 0.717) is 11.0 Å². The van der Waals surface area contributed by atoms with Gasteiger partial charge >= 0.3 is 0 Å². The summed E-state index contributed by atoms with van der Waals surface area (Å²) in [5, 5.41) is 0.886. The topological polar surface area (TPSA) is 21.9 Å². The van der Waals surface area contributed by atoms with Crippen LogP contribution >= 0.6 is 0 Å². The minimum atomic E-state index is -0.663. The molecule has 6 aromatic carbocycles. The number of aromatic nitrogens is 2. The fraction of sp³-hybridized carbons (Fsp3) is 0.0513. The lowest BCUT2D eigenvalue weighted by atomic mass is 9.95. The van der Waals surface area contributed by atoms with Crippen LogP contribution in [0.4, 0.5) is 8.78 Å². The molecular weight excluding hydrogens is 550 g/mol. The molecule has 0 aliphatic rings. The first kappa shape index (κ1) is 26.1. The van der Waals surface area contributed by atoms with Crippen molar-refractivity contribution in [3.05, 3.63) is 145 Å². The van der Waals surface area contributed by atoms with Crippen LogP contribution in [0.3, 0.4) is 0 Å². The molecule has 0 saturated carbocycles. The summed E-state index contributed by atoms with van der Waals surface area (Å²) in [7, 11) is 2.06. The van der Waals surface area contributed by atoms with Gasteiger partial charge < -0.3 is 4.42 Å². The Bertz CT molecular complexity index is 2310. The van der Waals surface area contributed by atoms with Crippen molar-refractivity contribution in [1.29, 1.82) is 0 Å². The van der Waals surface area contributed by atoms with Crippen LogP contribution in [0.5, 0.6) is 0 Å². The predicted molar refractivity (Wildman–Crippen MR) is 173 cm³/mol. The number of fused-ring (bicyclic) bond motifs is 4. The molecule has 0 atom stereocenters. The predicted octanol–water partition coefficient (Wildman–Crippen LogP) is 9.94. The highest BCUT2D eigenvalue weighted by Gasteiger charge is 2.31. The van der Waals surface area contributed by atoms with E-state index in [1.807, 2.05) is 37.3 Å². The smallest absolute Gasteiger partial charge is 0.295 e. The summed E-state index contributed by atoms with van der Waals surface area (Å²) in [6, 6.07) is 41.7. The Hall–Kier alpha value is -5.55. The lowest BCUT2D eigenvalue weighted by molar-refractivity contribution is -0.633. The maximum atomic E-state index is 15.2. The third kappa shape index (κ3) is 3.97. The number of rotatable bonds is 4. The Morgan fingerprint density at radius 1 is 0.636 bits per heavy atom. The summed E-state index contributed by atoms with van der Waals surface area (Å²) in [6.45, 7) is 2.03. The first-order chi connectivity index (χ1) is 21.5. The van der Waals surface area contributed by atoms with E-state index in [0.717, 1.165) is 62.0 Å². The van der Waals surface area contributed by atoms with Crippen LogP contribution in [0.15, 0.2) is 132 Å². The maximum absolute atomic E-state index is 15.2. The number of para-hydroxylation sites is 3. The lowest BCUT2D eigenvalue weighted by Crippen LogP contribution is -2.30. The lowest BCUT2D eigenvalue weighted by Gasteiger charge is -2.15. The Balaban J connectivity index is 1.53. The number of hydrogen-bond acceptors (Lipinski definition) is 1. The van der Waals surface area contributed by atoms with Crippen molar-refractivity contribution in [3.8, 4) is 39.3 Å². The van der Waals surface area contributed by atoms with Crippen LogP contribution in [0.2, 0.25) is 0 Å². The van der Waals surface area contributed by atoms with E-state index in [4.69, 9.17) is 4.42 Å². The van der Waals surface area contributed by atoms with Gasteiger partial charge in [0.2, 0.25) is 0 Å². The number of benzene rings is 6. The van der Waals surface area contributed by atoms with Crippen LogP contribution < -0.4 is 4.57 Å². The number of hydrogen-bond donors (Lipinski definition) is 0. The summed E-state index contributed by atoms with van der Waals surface area (Å²) in [5.74, 6) is -0.370. The minimum Gasteiger partial charge on any atom is -0.456 e. The van der Waals surface area contributed by atoms with Crippen molar-refractivity contribution in [3.63, 3.8) is 0 Å². The zero-order valence-corrected chi connectivity index (χ0v) is 24.2. The van der Waals surface area contributed by atoms with Crippen molar-refractivity contribution < 1.29 is 17.8 Å². The van der Waals surface area contributed by atoms with Gasteiger partial charge in [0, 0.05) is 28.6 Å². The van der Waals surface area contributed by atoms with Crippen molar-refractivity contribution in [1.82, 2.24) is 4.57 Å². The number of nitrogens with zero attached hydrogens (tertiary/aromatic N) is 2. The zero-order valence-electron chi connectivity index (χ0n) is 24.2. The van der Waals surface area contributed by atoms with Crippen LogP contribution in [0.25, 0.3) is 72.3 Å². The number of furan rings is 1. The van der Waals surface area contributed by atoms with Crippen molar-refractivity contribution in [2.45, 2.75) is 6.92 Å². The molecule has 8 aromatic rings. The molecule has 44 heavy (non-hydrogen) atoms. The van der Waals surface area contributed by atoms with Gasteiger partial charge in [-0.3, -0.25) is 0 Å². The minimum absolute atomic E-state index is 0.194. The molecule has 0 radical (unpaired) electrons. The second-order valence-electron chi connectivity index (χ2n) is 11.2. The SMILES string of the molecule is Cc1cc2oc3cc(F)cc(F)c3c2cc1-c1n(-c2c(-c3ccccc3)cccc2-c2ccccc2)c2ccccc2[n+]1C. The molecule has 8 rings (SSSR count). The molecule has 212 valence electrons. The van der Waals surface area contributed by atoms with Crippen LogP contribution in [0, 0.1) is 18.6 Å². The molecule has 3 nitrogen and oxygen atoms in total. The average molecular weight is 578 g/mol. The van der Waals surface area contributed by atoms with E-state index < -0.39 is 11.6 Å². The Labute approximate surface area is 252 Å². The Morgan fingerprint density at radius 2 is 1.27 bits per heavy atom. The molecule has 0 aliphatic heterocycles. The standard InChI is InChI=1S/C39H27F2N2O/c1-24-20-35-31(37-32(41)21-27(40)22-36(37)44-35)23-30(24)39-42(2)33-18-9-10-19-34(33)43(39)38-28(25-12-5-3-6-13-25)16-11-17-29(38)26-14-7-4-8-15-26/h3-23H,1-2H3/q+1. The molecule has 0 spiro atoms. The second kappa shape index (κ2) is 10.0. The molecular formula is C39H27F2N2O+. The highest BCUT2D eigenvalue weighted by atomic mass is 19.1. The highest BCUT2D eigenvalue weighted by Crippen LogP contribution is 2.42. The summed E-state index contributed by atoms with van der Waals surface area (Å²) in [5.41, 5.74) is 10.1. The zero-order chi connectivity index (χ0) is 29.9. The number of imidazole rings is 1. The van der Waals surface area contributed by atoms with Gasteiger partial charge in [0.15, 0.2) is 11.0 Å². The van der Waals surface area contributed by atoms with Gasteiger partial charge in [-0.1, -0.05) is 91.0 Å². The largest absolute Gasteiger partial charge is 0.456 e. The van der Waals surface area contributed by atoms with E-state index in [1.165, 1.54) is 6.07 Å². The van der Waals surface area contributed by atoms with Crippen LogP contribution in [0.1, 0.15) is 5.56 Å². The molecule has 0 saturated heterocycles. The van der Waals surface area contributed by atoms with E-state index in [9.17, 15) is 4.39 Å². The van der Waals surface area contributed by atoms with Gasteiger partial charge in [0.1, 0.15) is 28.5 Å². The van der Waals surface area contributed by atoms with Gasteiger partial charge in [-0.05, 0) is 47.9 Å². The van der Waals surface area contributed by atoms with Crippen molar-refractivity contribution >= 4 is 33.0 Å². The Morgan fingerprint density at radius 3 is 1.95 bits per heavy atom. The van der Waals surface area contributed by atoms with Crippen molar-refractivity contribution in [2.24, 2.45) is 7.05 Å². The highest BCUT2D eigenvalue weighted by molar-refractivity contribution is 6.07. The first-order valence-corrected chi connectivity index (χ1v) is 14.6. The number of aryl methyl sites for hydroxylation is 2. The summed E-state index contributed by atoms with van der Waals surface area (Å²) in [4.78, 5) is 0. The van der Waals surface area contributed by atoms with Gasteiger partial charge in [-0.25, -0.2) is 13.3 Å². The van der Waals surface area contributed by atoms with E-state index in [-0.39, 0.29) is 11.0 Å². The van der Waals surface area contributed by atoms with E-state index in [1.54, 1.807) is 0 Å². The maximum Gasteiger partial charge on any atom is 0.295 e. The molecule has 0 N–H and O–H groups in total. The van der Waals surface area contributed by atoms with Gasteiger partial charge in [-0.2, -0.15) is 4.57 Å². The Kier molecular flexibility index (Phi) is 5.95. The summed E-state index contributed by atoms with van der Waals surface area (Å²) < 4.78 is 39.8. The second-order valence-corrected chi connectivity index (χ2v) is 11.2. The van der Waals surface area contributed by atoms with Gasteiger partial charge in [0.05, 0.1) is 18.0 Å². The van der Waals surface area contributed by atoms with Gasteiger partial charge in [-0.15, -0.1) is 0 Å². The van der Waals surface area contributed by atoms with E-state index in [2.05, 4.69) is 101 Å². The van der Waals surface area contributed by atoms with Crippen LogP contribution in [-0.4, -0.2) is 4.57 Å². The van der Waals surface area contributed by atoms with E-state index >= 15 is 4.39 Å². The molecule has 0 unspecified atom stereocenters. The molecule has 5 heteroatoms. The normalized spacial score (nSPS) is 11.6. The summed E-state index contributed by atoms with van der Waals surface area (Å²) >= 11 is 0. The quantitative estimate of drug-likeness (QED) is 0.191. The van der Waals surface area contributed by atoms with Gasteiger partial charge in [0.25, 0.3) is 5.82 Å². The molecule has 0 bridgehead atoms. The number of halogens is 2. The van der Waals surface area contributed by atoms with Crippen molar-refractivity contribution in [2.75, 3.05) is 0 Å². The first-order valence-electron chi connectivity index (χ1n) is 14.6. The average Bonchev–Trinajstić information content (AvgIpc) is 3.54. The fourth-order valence-electron chi connectivity index (χ4n) is 6.54. The molecule has 0 amide bonds. The molecule has 2 heterocycles. The third-order valence-corrected chi connectivity index (χ3v) is 8.52. The monoisotopic (exact) mass is 577 g/mol. The van der Waals surface area contributed by atoms with Crippen LogP contribution in [-0.2, 0) is 7.05 Å². The third-order valence-electron chi connectivity index (χ3n) is 8.52. The fourth-order valence-corrected chi connectivity index (χ4v) is 6.54. The summed E-state index contributed by atoms with van der Waals surface area (Å²) in [6.07, 6.45) is 0.